The molecule has 12 atom stereocenters. The van der Waals surface area contributed by atoms with E-state index in [-0.39, 0.29) is 18.9 Å². The standard InChI is InChI=1S/C81H135NO13/c1-3-5-7-9-11-13-15-17-19-21-23-25-27-29-30-31-32-33-34-35-36-37-38-39-40-41-43-45-47-49-51-53-55-57-59-61-63-65-73(86)82-69(68-92-80-78(91)76(89)79(72(67-84)94-80)95-81-77(90)75(88)74(87)71(66-83)93-81)70(85)64-62-60-58-56-54-52-50-48-46-44-42-28-26-24-22-20-18-16-14-12-10-8-6-4-2/h5,7,11,13,17,19,23,25,29-30,32-33,35-36,38-39,41,43,47,49,53,55,62,64,69-72,74-81,83-85,87-91H,3-4,6,8-10,12,14-16,18,20-22,24,26-28,31,34,37,40,42,44-46,48,50-52,54,56-61,63,65-68H2,1-2H3,(H,82,86)/b7-5-,13-11-,19-17-,25-23-,30-29-,33-32-,36-35-,39-38-,43-41-,49-47-,55-53-,64-62+. The van der Waals surface area contributed by atoms with E-state index >= 15 is 0 Å². The Bertz CT molecular complexity index is 2160. The van der Waals surface area contributed by atoms with Gasteiger partial charge in [0.2, 0.25) is 5.91 Å². The number of allylic oxidation sites excluding steroid dienone is 23. The highest BCUT2D eigenvalue weighted by Crippen LogP contribution is 2.30. The van der Waals surface area contributed by atoms with Gasteiger partial charge in [0.05, 0.1) is 32.0 Å². The van der Waals surface area contributed by atoms with Gasteiger partial charge in [-0.15, -0.1) is 0 Å². The molecular weight excluding hydrogens is 1190 g/mol. The fourth-order valence-electron chi connectivity index (χ4n) is 11.4. The Kier molecular flexibility index (Phi) is 58.0. The monoisotopic (exact) mass is 1330 g/mol. The van der Waals surface area contributed by atoms with E-state index in [0.717, 1.165) is 109 Å². The minimum atomic E-state index is -1.80. The van der Waals surface area contributed by atoms with Crippen LogP contribution in [0, 0.1) is 0 Å². The first-order chi connectivity index (χ1) is 46.6. The Balaban J connectivity index is 1.69. The lowest BCUT2D eigenvalue weighted by molar-refractivity contribution is -0.359. The molecule has 0 spiro atoms. The maximum atomic E-state index is 13.3. The van der Waals surface area contributed by atoms with Crippen LogP contribution in [0.1, 0.15) is 264 Å². The van der Waals surface area contributed by atoms with Crippen LogP contribution in [-0.2, 0) is 23.7 Å². The second kappa shape index (κ2) is 63.3. The highest BCUT2D eigenvalue weighted by molar-refractivity contribution is 5.76. The van der Waals surface area contributed by atoms with Gasteiger partial charge < -0.3 is 65.1 Å². The third-order valence-corrected chi connectivity index (χ3v) is 17.3. The van der Waals surface area contributed by atoms with Crippen molar-refractivity contribution >= 4 is 5.91 Å². The largest absolute Gasteiger partial charge is 0.394 e. The minimum Gasteiger partial charge on any atom is -0.394 e. The quantitative estimate of drug-likeness (QED) is 0.0204. The van der Waals surface area contributed by atoms with Crippen LogP contribution in [0.5, 0.6) is 0 Å². The molecule has 2 aliphatic rings. The van der Waals surface area contributed by atoms with Crippen molar-refractivity contribution in [3.8, 4) is 0 Å². The molecule has 2 rings (SSSR count). The molecule has 0 bridgehead atoms. The summed E-state index contributed by atoms with van der Waals surface area (Å²) in [4.78, 5) is 13.3. The van der Waals surface area contributed by atoms with Gasteiger partial charge in [-0.05, 0) is 103 Å². The molecule has 14 nitrogen and oxygen atoms in total. The Labute approximate surface area is 576 Å². The van der Waals surface area contributed by atoms with Crippen molar-refractivity contribution in [2.24, 2.45) is 0 Å². The highest BCUT2D eigenvalue weighted by Gasteiger charge is 2.51. The summed E-state index contributed by atoms with van der Waals surface area (Å²) in [5.74, 6) is -0.275. The molecule has 12 unspecified atom stereocenters. The van der Waals surface area contributed by atoms with Crippen molar-refractivity contribution in [1.29, 1.82) is 0 Å². The van der Waals surface area contributed by atoms with Gasteiger partial charge in [0.1, 0.15) is 48.8 Å². The number of nitrogens with one attached hydrogen (secondary N) is 1. The lowest BCUT2D eigenvalue weighted by Crippen LogP contribution is -2.65. The number of hydrogen-bond acceptors (Lipinski definition) is 13. The second-order valence-corrected chi connectivity index (χ2v) is 25.7. The maximum absolute atomic E-state index is 13.3. The molecule has 9 N–H and O–H groups in total. The van der Waals surface area contributed by atoms with E-state index in [0.29, 0.717) is 6.42 Å². The summed E-state index contributed by atoms with van der Waals surface area (Å²) in [5.41, 5.74) is 0. The normalized spacial score (nSPS) is 23.2. The molecule has 2 saturated heterocycles. The van der Waals surface area contributed by atoms with Crippen molar-refractivity contribution < 1.29 is 64.6 Å². The SMILES string of the molecule is CC/C=C\C/C=C\C/C=C\C/C=C\C/C=C\C/C=C\C/C=C\C/C=C\C/C=C\C/C=C\C/C=C\CCCCCC(=O)NC(COC1OC(CO)C(OC2OC(CO)C(O)C(O)C2O)C(O)C1O)C(O)/C=C/CCCCCCCCCCCCCCCCCCCCCCCC. The summed E-state index contributed by atoms with van der Waals surface area (Å²) in [6.07, 6.45) is 79.0. The van der Waals surface area contributed by atoms with Crippen molar-refractivity contribution in [3.05, 3.63) is 146 Å². The van der Waals surface area contributed by atoms with E-state index < -0.39 is 86.8 Å². The van der Waals surface area contributed by atoms with E-state index in [1.54, 1.807) is 6.08 Å². The van der Waals surface area contributed by atoms with E-state index in [1.807, 2.05) is 6.08 Å². The number of hydrogen-bond donors (Lipinski definition) is 9. The van der Waals surface area contributed by atoms with E-state index in [2.05, 4.69) is 153 Å². The van der Waals surface area contributed by atoms with Crippen LogP contribution in [0.4, 0.5) is 0 Å². The molecule has 14 heteroatoms. The molecule has 0 saturated carbocycles. The zero-order chi connectivity index (χ0) is 68.7. The average Bonchev–Trinajstić information content (AvgIpc) is 0.927. The number of rotatable bonds is 60. The number of unbranched alkanes of at least 4 members (excludes halogenated alkanes) is 25. The number of amides is 1. The smallest absolute Gasteiger partial charge is 0.220 e. The van der Waals surface area contributed by atoms with Crippen LogP contribution in [0.2, 0.25) is 0 Å². The summed E-state index contributed by atoms with van der Waals surface area (Å²) in [6.45, 7) is 2.68. The van der Waals surface area contributed by atoms with Gasteiger partial charge in [-0.3, -0.25) is 4.79 Å². The summed E-state index contributed by atoms with van der Waals surface area (Å²) in [5, 5.41) is 87.5. The number of ether oxygens (including phenoxy) is 4. The van der Waals surface area contributed by atoms with Gasteiger partial charge in [-0.25, -0.2) is 0 Å². The van der Waals surface area contributed by atoms with Crippen LogP contribution in [0.25, 0.3) is 0 Å². The predicted molar refractivity (Wildman–Crippen MR) is 391 cm³/mol. The predicted octanol–water partition coefficient (Wildman–Crippen LogP) is 16.4. The Morgan fingerprint density at radius 2 is 0.726 bits per heavy atom. The van der Waals surface area contributed by atoms with Crippen molar-refractivity contribution in [3.63, 3.8) is 0 Å². The molecule has 0 aromatic carbocycles. The Morgan fingerprint density at radius 3 is 1.12 bits per heavy atom. The average molecular weight is 1330 g/mol. The fraction of sp³-hybridized carbons (Fsp3) is 0.691. The second-order valence-electron chi connectivity index (χ2n) is 25.7. The molecule has 95 heavy (non-hydrogen) atoms. The van der Waals surface area contributed by atoms with Crippen molar-refractivity contribution in [2.45, 2.75) is 338 Å². The molecule has 2 aliphatic heterocycles. The van der Waals surface area contributed by atoms with Crippen LogP contribution in [0.15, 0.2) is 146 Å². The molecule has 1 amide bonds. The van der Waals surface area contributed by atoms with Gasteiger partial charge in [0, 0.05) is 6.42 Å². The number of carbonyl (C=O) groups excluding carboxylic acids is 1. The summed E-state index contributed by atoms with van der Waals surface area (Å²) in [6, 6.07) is -0.946. The topological polar surface area (TPSA) is 228 Å². The Hall–Kier alpha value is -4.13. The molecule has 0 radical (unpaired) electrons. The third kappa shape index (κ3) is 46.7. The number of carbonyl (C=O) groups is 1. The molecule has 2 heterocycles. The summed E-state index contributed by atoms with van der Waals surface area (Å²) < 4.78 is 22.9. The van der Waals surface area contributed by atoms with E-state index in [4.69, 9.17) is 18.9 Å². The molecule has 0 aromatic heterocycles. The molecule has 2 fully saturated rings. The third-order valence-electron chi connectivity index (χ3n) is 17.3. The minimum absolute atomic E-state index is 0.232. The van der Waals surface area contributed by atoms with Crippen LogP contribution in [0.3, 0.4) is 0 Å². The molecule has 0 aliphatic carbocycles. The van der Waals surface area contributed by atoms with Gasteiger partial charge >= 0.3 is 0 Å². The number of aliphatic hydroxyl groups excluding tert-OH is 8. The first-order valence-corrected chi connectivity index (χ1v) is 37.6. The zero-order valence-corrected chi connectivity index (χ0v) is 59.1. The van der Waals surface area contributed by atoms with Gasteiger partial charge in [-0.1, -0.05) is 301 Å². The van der Waals surface area contributed by atoms with Gasteiger partial charge in [0.25, 0.3) is 0 Å². The fourth-order valence-corrected chi connectivity index (χ4v) is 11.4. The lowest BCUT2D eigenvalue weighted by Gasteiger charge is -2.46. The van der Waals surface area contributed by atoms with Gasteiger partial charge in [0.15, 0.2) is 12.6 Å². The highest BCUT2D eigenvalue weighted by atomic mass is 16.7. The van der Waals surface area contributed by atoms with Crippen LogP contribution >= 0.6 is 0 Å². The van der Waals surface area contributed by atoms with Crippen molar-refractivity contribution in [1.82, 2.24) is 5.32 Å². The zero-order valence-electron chi connectivity index (χ0n) is 59.1. The van der Waals surface area contributed by atoms with E-state index in [1.165, 1.54) is 128 Å². The van der Waals surface area contributed by atoms with E-state index in [9.17, 15) is 45.6 Å². The first kappa shape index (κ1) is 87.0. The van der Waals surface area contributed by atoms with Gasteiger partial charge in [-0.2, -0.15) is 0 Å². The van der Waals surface area contributed by atoms with Crippen LogP contribution in [-0.4, -0.2) is 140 Å². The Morgan fingerprint density at radius 1 is 0.389 bits per heavy atom. The van der Waals surface area contributed by atoms with Crippen LogP contribution < -0.4 is 5.32 Å². The van der Waals surface area contributed by atoms with Crippen molar-refractivity contribution in [2.75, 3.05) is 19.8 Å². The number of aliphatic hydroxyl groups is 8. The first-order valence-electron chi connectivity index (χ1n) is 37.6. The molecule has 542 valence electrons. The molecular formula is C81H135NO13. The maximum Gasteiger partial charge on any atom is 0.220 e. The summed E-state index contributed by atoms with van der Waals surface area (Å²) >= 11 is 0. The molecule has 0 aromatic rings. The summed E-state index contributed by atoms with van der Waals surface area (Å²) in [7, 11) is 0. The lowest BCUT2D eigenvalue weighted by atomic mass is 9.97.